The summed E-state index contributed by atoms with van der Waals surface area (Å²) in [6.07, 6.45) is 0. The summed E-state index contributed by atoms with van der Waals surface area (Å²) in [7, 11) is 0. The van der Waals surface area contributed by atoms with Gasteiger partial charge in [-0.2, -0.15) is 11.3 Å². The van der Waals surface area contributed by atoms with Crippen LogP contribution >= 0.6 is 22.7 Å². The van der Waals surface area contributed by atoms with Crippen molar-refractivity contribution in [3.05, 3.63) is 35.0 Å². The second-order valence-corrected chi connectivity index (χ2v) is 5.09. The lowest BCUT2D eigenvalue weighted by atomic mass is 10.1. The molecule has 0 aliphatic carbocycles. The van der Waals surface area contributed by atoms with Crippen LogP contribution in [0.5, 0.6) is 0 Å². The van der Waals surface area contributed by atoms with Crippen molar-refractivity contribution >= 4 is 38.0 Å². The van der Waals surface area contributed by atoms with E-state index < -0.39 is 0 Å². The Morgan fingerprint density at radius 2 is 2.07 bits per heavy atom. The third-order valence-corrected chi connectivity index (χ3v) is 3.81. The first-order valence-electron chi connectivity index (χ1n) is 4.51. The highest BCUT2D eigenvalue weighted by Crippen LogP contribution is 2.29. The molecular weight excluding hydrogens is 224 g/mol. The number of nitrogen functional groups attached to an aromatic ring is 1. The highest BCUT2D eigenvalue weighted by atomic mass is 32.1. The van der Waals surface area contributed by atoms with Gasteiger partial charge in [0.2, 0.25) is 0 Å². The number of rotatable bonds is 1. The molecule has 15 heavy (non-hydrogen) atoms. The minimum atomic E-state index is 0.632. The molecule has 0 saturated heterocycles. The molecule has 0 unspecified atom stereocenters. The Hall–Kier alpha value is -1.39. The fraction of sp³-hybridized carbons (Fsp3) is 0. The quantitative estimate of drug-likeness (QED) is 0.696. The van der Waals surface area contributed by atoms with Gasteiger partial charge in [0, 0.05) is 0 Å². The Bertz CT molecular complexity index is 596. The molecule has 1 aromatic carbocycles. The highest BCUT2D eigenvalue weighted by Gasteiger charge is 2.03. The molecule has 2 nitrogen and oxygen atoms in total. The zero-order valence-corrected chi connectivity index (χ0v) is 9.44. The van der Waals surface area contributed by atoms with Gasteiger partial charge in [-0.05, 0) is 40.1 Å². The molecule has 0 amide bonds. The number of thiophene rings is 1. The van der Waals surface area contributed by atoms with Crippen LogP contribution < -0.4 is 5.73 Å². The summed E-state index contributed by atoms with van der Waals surface area (Å²) in [4.78, 5) is 4.28. The maximum absolute atomic E-state index is 5.67. The van der Waals surface area contributed by atoms with E-state index in [-0.39, 0.29) is 0 Å². The standard InChI is InChI=1S/C11H8N2S2/c12-11-13-9-5-7(1-2-10(9)15-11)8-3-4-14-6-8/h1-6H,(H2,12,13). The highest BCUT2D eigenvalue weighted by molar-refractivity contribution is 7.22. The SMILES string of the molecule is Nc1nc2cc(-c3ccsc3)ccc2s1. The third-order valence-electron chi connectivity index (χ3n) is 2.26. The third kappa shape index (κ3) is 1.52. The van der Waals surface area contributed by atoms with E-state index in [1.807, 2.05) is 0 Å². The first kappa shape index (κ1) is 8.88. The average molecular weight is 232 g/mol. The molecule has 0 aliphatic rings. The number of benzene rings is 1. The van der Waals surface area contributed by atoms with Crippen molar-refractivity contribution in [3.8, 4) is 11.1 Å². The summed E-state index contributed by atoms with van der Waals surface area (Å²) >= 11 is 3.23. The molecule has 2 aromatic heterocycles. The topological polar surface area (TPSA) is 38.9 Å². The van der Waals surface area contributed by atoms with Crippen molar-refractivity contribution < 1.29 is 0 Å². The number of thiazole rings is 1. The Kier molecular flexibility index (Phi) is 1.97. The summed E-state index contributed by atoms with van der Waals surface area (Å²) in [6.45, 7) is 0. The minimum absolute atomic E-state index is 0.632. The second-order valence-electron chi connectivity index (χ2n) is 3.25. The summed E-state index contributed by atoms with van der Waals surface area (Å²) < 4.78 is 1.14. The van der Waals surface area contributed by atoms with Crippen LogP contribution in [-0.2, 0) is 0 Å². The molecular formula is C11H8N2S2. The number of hydrogen-bond donors (Lipinski definition) is 1. The van der Waals surface area contributed by atoms with Crippen LogP contribution in [0.25, 0.3) is 21.3 Å². The van der Waals surface area contributed by atoms with E-state index >= 15 is 0 Å². The fourth-order valence-corrected chi connectivity index (χ4v) is 2.93. The largest absolute Gasteiger partial charge is 0.375 e. The maximum atomic E-state index is 5.67. The molecule has 3 aromatic rings. The fourth-order valence-electron chi connectivity index (χ4n) is 1.55. The van der Waals surface area contributed by atoms with Crippen molar-refractivity contribution in [1.82, 2.24) is 4.98 Å². The van der Waals surface area contributed by atoms with Crippen LogP contribution in [0.3, 0.4) is 0 Å². The van der Waals surface area contributed by atoms with E-state index in [1.165, 1.54) is 22.5 Å². The van der Waals surface area contributed by atoms with Crippen LogP contribution in [0.2, 0.25) is 0 Å². The summed E-state index contributed by atoms with van der Waals surface area (Å²) in [5.41, 5.74) is 9.10. The number of anilines is 1. The molecule has 4 heteroatoms. The van der Waals surface area contributed by atoms with E-state index in [1.54, 1.807) is 11.3 Å². The van der Waals surface area contributed by atoms with Gasteiger partial charge in [0.1, 0.15) is 0 Å². The van der Waals surface area contributed by atoms with E-state index in [2.05, 4.69) is 40.0 Å². The van der Waals surface area contributed by atoms with Gasteiger partial charge in [-0.3, -0.25) is 0 Å². The van der Waals surface area contributed by atoms with Crippen molar-refractivity contribution in [2.45, 2.75) is 0 Å². The van der Waals surface area contributed by atoms with Gasteiger partial charge in [-0.25, -0.2) is 4.98 Å². The lowest BCUT2D eigenvalue weighted by Crippen LogP contribution is -1.79. The van der Waals surface area contributed by atoms with Gasteiger partial charge >= 0.3 is 0 Å². The molecule has 0 spiro atoms. The Labute approximate surface area is 95.0 Å². The van der Waals surface area contributed by atoms with Crippen LogP contribution in [0, 0.1) is 0 Å². The van der Waals surface area contributed by atoms with Gasteiger partial charge in [0.15, 0.2) is 5.13 Å². The van der Waals surface area contributed by atoms with Crippen LogP contribution in [0.4, 0.5) is 5.13 Å². The Morgan fingerprint density at radius 1 is 1.13 bits per heavy atom. The van der Waals surface area contributed by atoms with E-state index in [0.717, 1.165) is 10.2 Å². The minimum Gasteiger partial charge on any atom is -0.375 e. The van der Waals surface area contributed by atoms with Gasteiger partial charge in [-0.15, -0.1) is 0 Å². The van der Waals surface area contributed by atoms with Crippen molar-refractivity contribution in [1.29, 1.82) is 0 Å². The van der Waals surface area contributed by atoms with Gasteiger partial charge in [-0.1, -0.05) is 17.4 Å². The van der Waals surface area contributed by atoms with Gasteiger partial charge in [0.25, 0.3) is 0 Å². The van der Waals surface area contributed by atoms with Crippen molar-refractivity contribution in [2.75, 3.05) is 5.73 Å². The van der Waals surface area contributed by atoms with Crippen molar-refractivity contribution in [3.63, 3.8) is 0 Å². The second kappa shape index (κ2) is 3.32. The molecule has 2 heterocycles. The molecule has 3 rings (SSSR count). The smallest absolute Gasteiger partial charge is 0.181 e. The average Bonchev–Trinajstić information content (AvgIpc) is 2.82. The lowest BCUT2D eigenvalue weighted by Gasteiger charge is -1.96. The summed E-state index contributed by atoms with van der Waals surface area (Å²) in [6, 6.07) is 8.39. The number of hydrogen-bond acceptors (Lipinski definition) is 4. The predicted molar refractivity (Wildman–Crippen MR) is 67.3 cm³/mol. The molecule has 0 atom stereocenters. The first-order chi connectivity index (χ1) is 7.33. The lowest BCUT2D eigenvalue weighted by molar-refractivity contribution is 1.50. The van der Waals surface area contributed by atoms with Crippen LogP contribution in [0.1, 0.15) is 0 Å². The van der Waals surface area contributed by atoms with Crippen LogP contribution in [-0.4, -0.2) is 4.98 Å². The first-order valence-corrected chi connectivity index (χ1v) is 6.27. The van der Waals surface area contributed by atoms with E-state index in [4.69, 9.17) is 5.73 Å². The van der Waals surface area contributed by atoms with Gasteiger partial charge in [0.05, 0.1) is 10.2 Å². The molecule has 0 bridgehead atoms. The van der Waals surface area contributed by atoms with E-state index in [9.17, 15) is 0 Å². The van der Waals surface area contributed by atoms with Gasteiger partial charge < -0.3 is 5.73 Å². The van der Waals surface area contributed by atoms with Crippen LogP contribution in [0.15, 0.2) is 35.0 Å². The summed E-state index contributed by atoms with van der Waals surface area (Å²) in [5.74, 6) is 0. The Balaban J connectivity index is 2.21. The number of nitrogens with zero attached hydrogens (tertiary/aromatic N) is 1. The predicted octanol–water partition coefficient (Wildman–Crippen LogP) is 3.61. The molecule has 74 valence electrons. The molecule has 0 aliphatic heterocycles. The molecule has 0 fully saturated rings. The maximum Gasteiger partial charge on any atom is 0.181 e. The molecule has 2 N–H and O–H groups in total. The van der Waals surface area contributed by atoms with E-state index in [0.29, 0.717) is 5.13 Å². The molecule has 0 radical (unpaired) electrons. The number of fused-ring (bicyclic) bond motifs is 1. The zero-order chi connectivity index (χ0) is 10.3. The molecule has 0 saturated carbocycles. The number of nitrogens with two attached hydrogens (primary N) is 1. The Morgan fingerprint density at radius 3 is 2.87 bits per heavy atom. The normalized spacial score (nSPS) is 10.9. The monoisotopic (exact) mass is 232 g/mol. The zero-order valence-electron chi connectivity index (χ0n) is 7.81. The van der Waals surface area contributed by atoms with Crippen molar-refractivity contribution in [2.24, 2.45) is 0 Å². The number of aromatic nitrogens is 1. The summed E-state index contributed by atoms with van der Waals surface area (Å²) in [5, 5.41) is 4.85.